The highest BCUT2D eigenvalue weighted by Gasteiger charge is 2.47. The van der Waals surface area contributed by atoms with Gasteiger partial charge >= 0.3 is 0 Å². The smallest absolute Gasteiger partial charge is 0.265 e. The Morgan fingerprint density at radius 2 is 1.53 bits per heavy atom. The van der Waals surface area contributed by atoms with Gasteiger partial charge in [-0.2, -0.15) is 0 Å². The maximum Gasteiger partial charge on any atom is 0.265 e. The van der Waals surface area contributed by atoms with Gasteiger partial charge in [0, 0.05) is 0 Å². The van der Waals surface area contributed by atoms with Crippen molar-refractivity contribution in [3.8, 4) is 0 Å². The summed E-state index contributed by atoms with van der Waals surface area (Å²) in [6.45, 7) is 6.66. The summed E-state index contributed by atoms with van der Waals surface area (Å²) in [5.41, 5.74) is 0. The zero-order valence-corrected chi connectivity index (χ0v) is 12.0. The minimum absolute atomic E-state index is 0.111. The van der Waals surface area contributed by atoms with Crippen LogP contribution in [0.15, 0.2) is 30.3 Å². The second kappa shape index (κ2) is 4.28. The van der Waals surface area contributed by atoms with Gasteiger partial charge in [-0.05, 0) is 24.3 Å². The van der Waals surface area contributed by atoms with Crippen LogP contribution in [0.3, 0.4) is 0 Å². The van der Waals surface area contributed by atoms with Gasteiger partial charge in [0.15, 0.2) is 0 Å². The Morgan fingerprint density at radius 3 is 1.87 bits per heavy atom. The summed E-state index contributed by atoms with van der Waals surface area (Å²) in [5, 5.41) is 1.39. The molecule has 3 heteroatoms. The van der Waals surface area contributed by atoms with E-state index in [4.69, 9.17) is 11.1 Å². The Bertz CT molecular complexity index is 318. The Labute approximate surface area is 98.9 Å². The second-order valence-corrected chi connectivity index (χ2v) is 11.0. The van der Waals surface area contributed by atoms with Crippen molar-refractivity contribution in [2.45, 2.75) is 25.8 Å². The molecule has 0 bridgehead atoms. The molecule has 0 fully saturated rings. The molecule has 1 aromatic rings. The summed E-state index contributed by atoms with van der Waals surface area (Å²) in [5.74, 6) is 0. The lowest BCUT2D eigenvalue weighted by Crippen LogP contribution is -2.60. The van der Waals surface area contributed by atoms with E-state index in [1.54, 1.807) is 0 Å². The second-order valence-electron chi connectivity index (χ2n) is 5.13. The first-order valence-corrected chi connectivity index (χ1v) is 8.18. The Balaban J connectivity index is 3.26. The van der Waals surface area contributed by atoms with E-state index in [-0.39, 0.29) is 5.04 Å². The summed E-state index contributed by atoms with van der Waals surface area (Å²) in [6.07, 6.45) is 0. The summed E-state index contributed by atoms with van der Waals surface area (Å²) in [7, 11) is 2.06. The van der Waals surface area contributed by atoms with E-state index in [0.29, 0.717) is 0 Å². The molecule has 1 aromatic carbocycles. The molecule has 0 aliphatic carbocycles. The molecule has 0 amide bonds. The highest BCUT2D eigenvalue weighted by atomic mass is 35.6. The first kappa shape index (κ1) is 12.8. The average molecular weight is 242 g/mol. The fraction of sp³-hybridized carbons (Fsp3) is 0.500. The van der Waals surface area contributed by atoms with Crippen molar-refractivity contribution >= 4 is 23.8 Å². The van der Waals surface area contributed by atoms with Crippen LogP contribution in [0.5, 0.6) is 0 Å². The maximum absolute atomic E-state index is 6.94. The fourth-order valence-electron chi connectivity index (χ4n) is 2.02. The quantitative estimate of drug-likeness (QED) is 0.569. The largest absolute Gasteiger partial charge is 0.314 e. The number of benzene rings is 1. The zero-order valence-electron chi connectivity index (χ0n) is 10.2. The van der Waals surface area contributed by atoms with E-state index in [2.05, 4.69) is 63.7 Å². The molecule has 0 aromatic heterocycles. The first-order chi connectivity index (χ1) is 6.80. The van der Waals surface area contributed by atoms with Crippen LogP contribution in [0.4, 0.5) is 0 Å². The summed E-state index contributed by atoms with van der Waals surface area (Å²) in [6, 6.07) is 10.5. The van der Waals surface area contributed by atoms with Crippen LogP contribution in [0.25, 0.3) is 0 Å². The number of hydrogen-bond acceptors (Lipinski definition) is 1. The van der Waals surface area contributed by atoms with E-state index in [0.717, 1.165) is 0 Å². The van der Waals surface area contributed by atoms with Crippen molar-refractivity contribution in [3.05, 3.63) is 30.3 Å². The molecule has 84 valence electrons. The monoisotopic (exact) mass is 241 g/mol. The number of halogens is 1. The first-order valence-electron chi connectivity index (χ1n) is 5.22. The zero-order chi connectivity index (χ0) is 11.7. The van der Waals surface area contributed by atoms with Crippen LogP contribution >= 0.6 is 11.1 Å². The standard InChI is InChI=1S/C12H20ClNSi/c1-12(2,3)15(13,14(4)5)11-9-7-6-8-10-11/h6-10H,1-5H3. The van der Waals surface area contributed by atoms with Gasteiger partial charge in [-0.25, -0.2) is 0 Å². The van der Waals surface area contributed by atoms with Crippen molar-refractivity contribution in [2.24, 2.45) is 0 Å². The normalized spacial score (nSPS) is 16.5. The Morgan fingerprint density at radius 1 is 1.07 bits per heavy atom. The molecule has 0 saturated carbocycles. The molecule has 1 nitrogen and oxygen atoms in total. The third kappa shape index (κ3) is 2.27. The van der Waals surface area contributed by atoms with E-state index in [1.165, 1.54) is 5.19 Å². The highest BCUT2D eigenvalue weighted by Crippen LogP contribution is 2.39. The molecule has 0 spiro atoms. The van der Waals surface area contributed by atoms with E-state index in [1.807, 2.05) is 6.07 Å². The summed E-state index contributed by atoms with van der Waals surface area (Å²) < 4.78 is 2.21. The van der Waals surface area contributed by atoms with Gasteiger partial charge in [0.05, 0.1) is 0 Å². The molecular weight excluding hydrogens is 222 g/mol. The lowest BCUT2D eigenvalue weighted by Gasteiger charge is -2.42. The fourth-order valence-corrected chi connectivity index (χ4v) is 5.76. The molecule has 0 radical (unpaired) electrons. The van der Waals surface area contributed by atoms with Crippen molar-refractivity contribution in [1.82, 2.24) is 4.57 Å². The predicted octanol–water partition coefficient (Wildman–Crippen LogP) is 2.94. The molecule has 15 heavy (non-hydrogen) atoms. The molecule has 0 saturated heterocycles. The number of hydrogen-bond donors (Lipinski definition) is 0. The van der Waals surface area contributed by atoms with Crippen molar-refractivity contribution in [3.63, 3.8) is 0 Å². The molecule has 1 atom stereocenters. The SMILES string of the molecule is CN(C)[Si](Cl)(c1ccccc1)C(C)(C)C. The van der Waals surface area contributed by atoms with Gasteiger partial charge in [0.2, 0.25) is 0 Å². The van der Waals surface area contributed by atoms with Gasteiger partial charge in [-0.3, -0.25) is 0 Å². The lowest BCUT2D eigenvalue weighted by molar-refractivity contribution is 0.575. The van der Waals surface area contributed by atoms with Crippen molar-refractivity contribution in [2.75, 3.05) is 14.1 Å². The van der Waals surface area contributed by atoms with Gasteiger partial charge in [-0.15, -0.1) is 11.1 Å². The average Bonchev–Trinajstić information content (AvgIpc) is 2.16. The van der Waals surface area contributed by atoms with Crippen molar-refractivity contribution in [1.29, 1.82) is 0 Å². The number of rotatable bonds is 2. The lowest BCUT2D eigenvalue weighted by atomic mass is 10.2. The summed E-state index contributed by atoms with van der Waals surface area (Å²) >= 11 is 6.94. The molecule has 0 heterocycles. The van der Waals surface area contributed by atoms with Crippen LogP contribution in [0.1, 0.15) is 20.8 Å². The molecule has 0 aliphatic rings. The third-order valence-corrected chi connectivity index (χ3v) is 10.5. The number of nitrogens with zero attached hydrogens (tertiary/aromatic N) is 1. The van der Waals surface area contributed by atoms with Crippen LogP contribution in [-0.4, -0.2) is 26.2 Å². The van der Waals surface area contributed by atoms with Crippen LogP contribution in [-0.2, 0) is 0 Å². The predicted molar refractivity (Wildman–Crippen MR) is 71.1 cm³/mol. The minimum Gasteiger partial charge on any atom is -0.314 e. The third-order valence-electron chi connectivity index (χ3n) is 2.77. The minimum atomic E-state index is -2.10. The highest BCUT2D eigenvalue weighted by molar-refractivity contribution is 7.27. The molecule has 1 unspecified atom stereocenters. The molecule has 0 N–H and O–H groups in total. The van der Waals surface area contributed by atoms with Crippen molar-refractivity contribution < 1.29 is 0 Å². The van der Waals surface area contributed by atoms with E-state index >= 15 is 0 Å². The molecule has 0 aliphatic heterocycles. The summed E-state index contributed by atoms with van der Waals surface area (Å²) in [4.78, 5) is 0. The van der Waals surface area contributed by atoms with E-state index in [9.17, 15) is 0 Å². The molecular formula is C12H20ClNSi. The van der Waals surface area contributed by atoms with Gasteiger partial charge in [-0.1, -0.05) is 51.1 Å². The topological polar surface area (TPSA) is 3.24 Å². The Kier molecular flexibility index (Phi) is 3.64. The van der Waals surface area contributed by atoms with E-state index < -0.39 is 7.55 Å². The van der Waals surface area contributed by atoms with Crippen LogP contribution in [0.2, 0.25) is 5.04 Å². The Hall–Kier alpha value is -0.313. The van der Waals surface area contributed by atoms with Crippen LogP contribution in [0, 0.1) is 0 Å². The van der Waals surface area contributed by atoms with Gasteiger partial charge in [0.1, 0.15) is 0 Å². The van der Waals surface area contributed by atoms with Crippen LogP contribution < -0.4 is 5.19 Å². The van der Waals surface area contributed by atoms with Gasteiger partial charge in [0.25, 0.3) is 7.55 Å². The molecule has 1 rings (SSSR count). The maximum atomic E-state index is 6.94. The van der Waals surface area contributed by atoms with Gasteiger partial charge < -0.3 is 4.57 Å².